The first-order valence-corrected chi connectivity index (χ1v) is 6.67. The number of benzene rings is 1. The van der Waals surface area contributed by atoms with Crippen LogP contribution in [0.15, 0.2) is 36.4 Å². The predicted molar refractivity (Wildman–Crippen MR) is 72.9 cm³/mol. The quantitative estimate of drug-likeness (QED) is 0.843. The average molecular weight is 350 g/mol. The van der Waals surface area contributed by atoms with Crippen molar-refractivity contribution in [1.82, 2.24) is 4.98 Å². The Kier molecular flexibility index (Phi) is 5.02. The van der Waals surface area contributed by atoms with Crippen LogP contribution < -0.4 is 10.5 Å². The van der Waals surface area contributed by atoms with E-state index in [0.717, 1.165) is 24.3 Å². The molecule has 130 valence electrons. The lowest BCUT2D eigenvalue weighted by Gasteiger charge is -2.13. The monoisotopic (exact) mass is 350 g/mol. The van der Waals surface area contributed by atoms with Gasteiger partial charge in [-0.25, -0.2) is 4.98 Å². The van der Waals surface area contributed by atoms with Crippen LogP contribution in [0.1, 0.15) is 22.4 Å². The van der Waals surface area contributed by atoms with Gasteiger partial charge in [0.2, 0.25) is 5.88 Å². The van der Waals surface area contributed by atoms with Crippen molar-refractivity contribution in [3.8, 4) is 5.88 Å². The van der Waals surface area contributed by atoms with Crippen LogP contribution in [0.2, 0.25) is 0 Å². The molecule has 0 spiro atoms. The Hall–Kier alpha value is -2.29. The molecule has 0 saturated heterocycles. The third kappa shape index (κ3) is 4.38. The molecule has 1 aromatic carbocycles. The molecule has 3 nitrogen and oxygen atoms in total. The molecular formula is C15H12F6N2O. The fourth-order valence-electron chi connectivity index (χ4n) is 1.85. The van der Waals surface area contributed by atoms with Gasteiger partial charge in [0, 0.05) is 12.1 Å². The van der Waals surface area contributed by atoms with E-state index < -0.39 is 23.6 Å². The summed E-state index contributed by atoms with van der Waals surface area (Å²) in [4.78, 5) is 3.38. The van der Waals surface area contributed by atoms with Crippen LogP contribution in [0, 0.1) is 0 Å². The molecule has 24 heavy (non-hydrogen) atoms. The third-order valence-corrected chi connectivity index (χ3v) is 3.11. The second-order valence-corrected chi connectivity index (χ2v) is 4.85. The Morgan fingerprint density at radius 1 is 0.875 bits per heavy atom. The Balaban J connectivity index is 2.16. The van der Waals surface area contributed by atoms with Crippen LogP contribution >= 0.6 is 0 Å². The molecule has 0 atom stereocenters. The van der Waals surface area contributed by atoms with E-state index in [2.05, 4.69) is 4.98 Å². The highest BCUT2D eigenvalue weighted by Crippen LogP contribution is 2.31. The number of hydrogen-bond donors (Lipinski definition) is 1. The SMILES string of the molecule is NCc1ccc(C(F)(F)F)nc1OCc1ccc(C(F)(F)F)cc1. The average Bonchev–Trinajstić information content (AvgIpc) is 2.51. The van der Waals surface area contributed by atoms with E-state index in [4.69, 9.17) is 10.5 Å². The zero-order valence-corrected chi connectivity index (χ0v) is 12.1. The van der Waals surface area contributed by atoms with Crippen LogP contribution in [-0.4, -0.2) is 4.98 Å². The van der Waals surface area contributed by atoms with Crippen LogP contribution in [0.3, 0.4) is 0 Å². The largest absolute Gasteiger partial charge is 0.473 e. The number of hydrogen-bond acceptors (Lipinski definition) is 3. The van der Waals surface area contributed by atoms with Gasteiger partial charge in [-0.2, -0.15) is 26.3 Å². The molecule has 0 bridgehead atoms. The number of nitrogens with two attached hydrogens (primary N) is 1. The first-order valence-electron chi connectivity index (χ1n) is 6.67. The van der Waals surface area contributed by atoms with E-state index in [9.17, 15) is 26.3 Å². The Morgan fingerprint density at radius 2 is 1.50 bits per heavy atom. The van der Waals surface area contributed by atoms with Gasteiger partial charge in [0.05, 0.1) is 5.56 Å². The summed E-state index contributed by atoms with van der Waals surface area (Å²) in [5.41, 5.74) is 4.07. The number of pyridine rings is 1. The van der Waals surface area contributed by atoms with Crippen molar-refractivity contribution >= 4 is 0 Å². The van der Waals surface area contributed by atoms with Gasteiger partial charge >= 0.3 is 12.4 Å². The van der Waals surface area contributed by atoms with Gasteiger partial charge < -0.3 is 10.5 Å². The molecule has 0 unspecified atom stereocenters. The number of halogens is 6. The van der Waals surface area contributed by atoms with Gasteiger partial charge in [0.15, 0.2) is 0 Å². The fraction of sp³-hybridized carbons (Fsp3) is 0.267. The van der Waals surface area contributed by atoms with E-state index in [1.807, 2.05) is 0 Å². The summed E-state index contributed by atoms with van der Waals surface area (Å²) in [6, 6.07) is 6.02. The number of ether oxygens (including phenoxy) is 1. The van der Waals surface area contributed by atoms with Gasteiger partial charge in [-0.05, 0) is 23.8 Å². The Labute approximate surface area is 133 Å². The van der Waals surface area contributed by atoms with E-state index in [0.29, 0.717) is 5.56 Å². The summed E-state index contributed by atoms with van der Waals surface area (Å²) in [5, 5.41) is 0. The second kappa shape index (κ2) is 6.68. The molecule has 0 aliphatic carbocycles. The first-order chi connectivity index (χ1) is 11.1. The molecule has 2 aromatic rings. The number of aromatic nitrogens is 1. The molecule has 0 radical (unpaired) electrons. The Morgan fingerprint density at radius 3 is 2.00 bits per heavy atom. The summed E-state index contributed by atoms with van der Waals surface area (Å²) < 4.78 is 80.6. The summed E-state index contributed by atoms with van der Waals surface area (Å²) in [6.45, 7) is -0.326. The molecule has 2 rings (SSSR count). The highest BCUT2D eigenvalue weighted by Gasteiger charge is 2.33. The summed E-state index contributed by atoms with van der Waals surface area (Å²) in [6.07, 6.45) is -9.10. The van der Waals surface area contributed by atoms with Gasteiger partial charge in [0.1, 0.15) is 12.3 Å². The zero-order valence-electron chi connectivity index (χ0n) is 12.1. The highest BCUT2D eigenvalue weighted by atomic mass is 19.4. The summed E-state index contributed by atoms with van der Waals surface area (Å²) >= 11 is 0. The predicted octanol–water partition coefficient (Wildman–Crippen LogP) is 4.16. The normalized spacial score (nSPS) is 12.3. The summed E-state index contributed by atoms with van der Waals surface area (Å²) in [5.74, 6) is -0.299. The van der Waals surface area contributed by atoms with Crippen molar-refractivity contribution < 1.29 is 31.1 Å². The van der Waals surface area contributed by atoms with Crippen molar-refractivity contribution in [2.24, 2.45) is 5.73 Å². The van der Waals surface area contributed by atoms with Gasteiger partial charge in [-0.15, -0.1) is 0 Å². The van der Waals surface area contributed by atoms with Gasteiger partial charge in [0.25, 0.3) is 0 Å². The van der Waals surface area contributed by atoms with Crippen LogP contribution in [-0.2, 0) is 25.5 Å². The van der Waals surface area contributed by atoms with Crippen LogP contribution in [0.25, 0.3) is 0 Å². The maximum atomic E-state index is 12.7. The standard InChI is InChI=1S/C15H12F6N2O/c16-14(17,18)11-4-1-9(2-5-11)8-24-13-10(7-22)3-6-12(23-13)15(19,20)21/h1-6H,7-8,22H2. The molecule has 1 heterocycles. The van der Waals surface area contributed by atoms with Gasteiger partial charge in [-0.3, -0.25) is 0 Å². The lowest BCUT2D eigenvalue weighted by Crippen LogP contribution is -2.12. The zero-order chi connectivity index (χ0) is 18.0. The van der Waals surface area contributed by atoms with Crippen molar-refractivity contribution in [2.75, 3.05) is 0 Å². The van der Waals surface area contributed by atoms with Crippen LogP contribution in [0.4, 0.5) is 26.3 Å². The van der Waals surface area contributed by atoms with Crippen molar-refractivity contribution in [1.29, 1.82) is 0 Å². The number of nitrogens with zero attached hydrogens (tertiary/aromatic N) is 1. The summed E-state index contributed by atoms with van der Waals surface area (Å²) in [7, 11) is 0. The molecule has 0 aliphatic rings. The van der Waals surface area contributed by atoms with Gasteiger partial charge in [-0.1, -0.05) is 18.2 Å². The minimum atomic E-state index is -4.64. The molecule has 2 N–H and O–H groups in total. The van der Waals surface area contributed by atoms with Crippen molar-refractivity contribution in [3.05, 3.63) is 58.8 Å². The number of rotatable bonds is 4. The molecule has 1 aromatic heterocycles. The lowest BCUT2D eigenvalue weighted by molar-refractivity contribution is -0.141. The fourth-order valence-corrected chi connectivity index (χ4v) is 1.85. The van der Waals surface area contributed by atoms with Crippen molar-refractivity contribution in [3.63, 3.8) is 0 Å². The minimum absolute atomic E-state index is 0.0898. The van der Waals surface area contributed by atoms with Crippen LogP contribution in [0.5, 0.6) is 5.88 Å². The molecule has 9 heteroatoms. The minimum Gasteiger partial charge on any atom is -0.473 e. The molecular weight excluding hydrogens is 338 g/mol. The maximum Gasteiger partial charge on any atom is 0.433 e. The highest BCUT2D eigenvalue weighted by molar-refractivity contribution is 5.30. The molecule has 0 fully saturated rings. The van der Waals surface area contributed by atoms with E-state index in [1.54, 1.807) is 0 Å². The maximum absolute atomic E-state index is 12.7. The molecule has 0 saturated carbocycles. The molecule has 0 aliphatic heterocycles. The third-order valence-electron chi connectivity index (χ3n) is 3.11. The Bertz CT molecular complexity index is 695. The second-order valence-electron chi connectivity index (χ2n) is 4.85. The smallest absolute Gasteiger partial charge is 0.433 e. The lowest BCUT2D eigenvalue weighted by atomic mass is 10.1. The first kappa shape index (κ1) is 18.1. The number of alkyl halides is 6. The van der Waals surface area contributed by atoms with E-state index in [-0.39, 0.29) is 24.6 Å². The van der Waals surface area contributed by atoms with E-state index in [1.165, 1.54) is 12.1 Å². The topological polar surface area (TPSA) is 48.1 Å². The molecule has 0 amide bonds. The van der Waals surface area contributed by atoms with E-state index >= 15 is 0 Å². The van der Waals surface area contributed by atoms with Crippen molar-refractivity contribution in [2.45, 2.75) is 25.5 Å².